The van der Waals surface area contributed by atoms with Crippen LogP contribution in [-0.2, 0) is 25.2 Å². The summed E-state index contributed by atoms with van der Waals surface area (Å²) in [5.41, 5.74) is 0.191. The molecule has 1 amide bonds. The Morgan fingerprint density at radius 3 is 2.16 bits per heavy atom. The van der Waals surface area contributed by atoms with E-state index < -0.39 is 47.2 Å². The number of carboxylic acid groups (broad SMARTS) is 3. The van der Waals surface area contributed by atoms with Crippen LogP contribution in [0.15, 0.2) is 77.7 Å². The van der Waals surface area contributed by atoms with Gasteiger partial charge in [0.15, 0.2) is 5.60 Å². The van der Waals surface area contributed by atoms with Crippen molar-refractivity contribution in [1.82, 2.24) is 9.80 Å². The Labute approximate surface area is 348 Å². The molecule has 4 N–H and O–H groups in total. The summed E-state index contributed by atoms with van der Waals surface area (Å²) in [6.45, 7) is 3.19. The minimum absolute atomic E-state index is 0.00825. The van der Waals surface area contributed by atoms with Gasteiger partial charge in [-0.15, -0.1) is 0 Å². The highest BCUT2D eigenvalue weighted by Gasteiger charge is 2.41. The van der Waals surface area contributed by atoms with Gasteiger partial charge < -0.3 is 35.0 Å². The molecule has 0 saturated carbocycles. The van der Waals surface area contributed by atoms with E-state index >= 15 is 0 Å². The molecular weight excluding hydrogens is 809 g/mol. The first kappa shape index (κ1) is 45.7. The molecule has 0 spiro atoms. The van der Waals surface area contributed by atoms with Gasteiger partial charge in [0.1, 0.15) is 11.8 Å². The number of piperidine rings is 1. The average Bonchev–Trinajstić information content (AvgIpc) is 3.19. The highest BCUT2D eigenvalue weighted by atomic mass is 35.5. The van der Waals surface area contributed by atoms with Gasteiger partial charge in [0.25, 0.3) is 5.91 Å². The lowest BCUT2D eigenvalue weighted by Crippen LogP contribution is -2.42. The van der Waals surface area contributed by atoms with Crippen molar-refractivity contribution >= 4 is 68.6 Å². The van der Waals surface area contributed by atoms with Gasteiger partial charge in [-0.3, -0.25) is 18.6 Å². The number of nitrogens with zero attached hydrogens (tertiary/aromatic N) is 3. The van der Waals surface area contributed by atoms with Crippen LogP contribution < -0.4 is 4.74 Å². The summed E-state index contributed by atoms with van der Waals surface area (Å²) in [6, 6.07) is 25.3. The summed E-state index contributed by atoms with van der Waals surface area (Å²) in [4.78, 5) is 49.7. The lowest BCUT2D eigenvalue weighted by molar-refractivity contribution is -0.170. The number of ether oxygens (including phenoxy) is 1. The van der Waals surface area contributed by atoms with Crippen molar-refractivity contribution in [3.05, 3.63) is 105 Å². The number of likely N-dealkylation sites (N-methyl/N-ethyl adjacent to an activating group) is 1. The van der Waals surface area contributed by atoms with E-state index in [0.29, 0.717) is 33.6 Å². The zero-order chi connectivity index (χ0) is 42.7. The van der Waals surface area contributed by atoms with Crippen LogP contribution in [0.3, 0.4) is 0 Å². The first-order valence-electron chi connectivity index (χ1n) is 18.2. The smallest absolute Gasteiger partial charge is 0.336 e. The van der Waals surface area contributed by atoms with Crippen LogP contribution in [0, 0.1) is 11.3 Å². The van der Waals surface area contributed by atoms with Gasteiger partial charge in [0.05, 0.1) is 51.9 Å². The number of fused-ring (bicyclic) bond motifs is 1. The second-order valence-corrected chi connectivity index (χ2v) is 16.3. The summed E-state index contributed by atoms with van der Waals surface area (Å²) in [5, 5.41) is 46.1. The van der Waals surface area contributed by atoms with Crippen LogP contribution >= 0.6 is 23.2 Å². The van der Waals surface area contributed by atoms with E-state index in [9.17, 15) is 28.6 Å². The number of carbonyl (C=O) groups is 4. The van der Waals surface area contributed by atoms with Crippen LogP contribution in [0.5, 0.6) is 5.75 Å². The Morgan fingerprint density at radius 1 is 0.966 bits per heavy atom. The Bertz CT molecular complexity index is 2210. The van der Waals surface area contributed by atoms with E-state index in [2.05, 4.69) is 17.0 Å². The molecule has 1 aliphatic rings. The van der Waals surface area contributed by atoms with Crippen LogP contribution in [0.2, 0.25) is 10.0 Å². The van der Waals surface area contributed by atoms with E-state index in [1.807, 2.05) is 60.7 Å². The Kier molecular flexibility index (Phi) is 16.2. The molecule has 308 valence electrons. The molecule has 58 heavy (non-hydrogen) atoms. The van der Waals surface area contributed by atoms with Crippen LogP contribution in [0.25, 0.3) is 10.8 Å². The lowest BCUT2D eigenvalue weighted by Gasteiger charge is -2.34. The third-order valence-corrected chi connectivity index (χ3v) is 11.9. The van der Waals surface area contributed by atoms with Gasteiger partial charge in [0.2, 0.25) is 0 Å². The molecule has 4 aromatic rings. The van der Waals surface area contributed by atoms with E-state index in [-0.39, 0.29) is 17.6 Å². The molecule has 0 aliphatic carbocycles. The minimum atomic E-state index is -2.74. The van der Waals surface area contributed by atoms with Crippen molar-refractivity contribution in [2.75, 3.05) is 46.6 Å². The number of aliphatic carboxylic acids is 3. The van der Waals surface area contributed by atoms with Crippen LogP contribution in [0.1, 0.15) is 71.0 Å². The summed E-state index contributed by atoms with van der Waals surface area (Å²) in [6.07, 6.45) is 2.28. The Hall–Kier alpha value is -5.04. The summed E-state index contributed by atoms with van der Waals surface area (Å²) >= 11 is 12.7. The van der Waals surface area contributed by atoms with Gasteiger partial charge in [0, 0.05) is 30.7 Å². The predicted molar refractivity (Wildman–Crippen MR) is 220 cm³/mol. The maximum atomic E-state index is 14.1. The maximum Gasteiger partial charge on any atom is 0.336 e. The fourth-order valence-electron chi connectivity index (χ4n) is 7.17. The fourth-order valence-corrected chi connectivity index (χ4v) is 8.31. The molecular formula is C42H45Cl2N3O10S. The number of carbonyl (C=O) groups excluding carboxylic acids is 1. The number of carboxylic acids is 3. The molecule has 4 aromatic carbocycles. The van der Waals surface area contributed by atoms with Gasteiger partial charge in [-0.2, -0.15) is 5.26 Å². The fraction of sp³-hybridized carbons (Fsp3) is 0.357. The number of hydrogen-bond acceptors (Lipinski definition) is 9. The lowest BCUT2D eigenvalue weighted by atomic mass is 9.88. The summed E-state index contributed by atoms with van der Waals surface area (Å²) < 4.78 is 18.0. The maximum absolute atomic E-state index is 14.1. The van der Waals surface area contributed by atoms with Crippen molar-refractivity contribution in [3.63, 3.8) is 0 Å². The number of nitriles is 1. The number of hydrogen-bond donors (Lipinski definition) is 4. The molecule has 1 heterocycles. The standard InChI is InChI=1S/C36H37Cl2N3O3S.C6H8O7/c1-40(36(42)34-30-10-5-4-8-26(30)20-28(22-39)35(34)44-2)23-27(25-12-13-31(37)32(38)21-25)16-19-41-17-14-24(15-18-41)29-9-6-7-11-33(29)45(3)43;7-3(8)1-6(13,5(11)12)2-4(9)10/h4-13,20-21,24,27H,14-19,23H2,1-3H3;13H,1-2H2,(H,7,8)(H,9,10)(H,11,12)/t27?,45-;/m0./s1. The Morgan fingerprint density at radius 2 is 1.59 bits per heavy atom. The van der Waals surface area contributed by atoms with Crippen molar-refractivity contribution in [2.24, 2.45) is 0 Å². The second kappa shape index (κ2) is 20.6. The number of methoxy groups -OCH3 is 1. The number of halogens is 2. The SMILES string of the molecule is COc1c(C#N)cc2ccccc2c1C(=O)N(C)CC(CCN1CCC(c2ccccc2[S@](C)=O)CC1)c1ccc(Cl)c(Cl)c1.O=C(O)CC(O)(CC(=O)O)C(=O)O. The van der Waals surface area contributed by atoms with E-state index in [1.54, 1.807) is 24.3 Å². The average molecular weight is 855 g/mol. The number of likely N-dealkylation sites (tertiary alicyclic amines) is 1. The van der Waals surface area contributed by atoms with E-state index in [0.717, 1.165) is 60.1 Å². The molecule has 1 unspecified atom stereocenters. The third-order valence-electron chi connectivity index (χ3n) is 10.1. The minimum Gasteiger partial charge on any atom is -0.495 e. The van der Waals surface area contributed by atoms with Crippen molar-refractivity contribution in [3.8, 4) is 11.8 Å². The molecule has 1 aliphatic heterocycles. The van der Waals surface area contributed by atoms with Crippen LogP contribution in [-0.4, -0.2) is 110 Å². The number of amides is 1. The number of rotatable bonds is 15. The molecule has 2 atom stereocenters. The Balaban J connectivity index is 0.000000492. The van der Waals surface area contributed by atoms with Crippen LogP contribution in [0.4, 0.5) is 0 Å². The molecule has 5 rings (SSSR count). The molecule has 1 fully saturated rings. The van der Waals surface area contributed by atoms with Crippen molar-refractivity contribution in [1.29, 1.82) is 5.26 Å². The van der Waals surface area contributed by atoms with Crippen molar-refractivity contribution < 1.29 is 48.6 Å². The zero-order valence-electron chi connectivity index (χ0n) is 32.2. The summed E-state index contributed by atoms with van der Waals surface area (Å²) in [7, 11) is 2.27. The normalized spacial score (nSPS) is 14.4. The molecule has 16 heteroatoms. The van der Waals surface area contributed by atoms with E-state index in [1.165, 1.54) is 12.7 Å². The van der Waals surface area contributed by atoms with Gasteiger partial charge in [-0.05, 0) is 91.0 Å². The first-order valence-corrected chi connectivity index (χ1v) is 20.5. The highest BCUT2D eigenvalue weighted by molar-refractivity contribution is 7.84. The van der Waals surface area contributed by atoms with Gasteiger partial charge >= 0.3 is 17.9 Å². The van der Waals surface area contributed by atoms with Gasteiger partial charge in [-0.1, -0.05) is 71.7 Å². The second-order valence-electron chi connectivity index (χ2n) is 14.1. The predicted octanol–water partition coefficient (Wildman–Crippen LogP) is 6.64. The largest absolute Gasteiger partial charge is 0.495 e. The van der Waals surface area contributed by atoms with Crippen molar-refractivity contribution in [2.45, 2.75) is 54.4 Å². The monoisotopic (exact) mass is 853 g/mol. The first-order chi connectivity index (χ1) is 27.5. The topological polar surface area (TPSA) is 206 Å². The molecule has 0 aromatic heterocycles. The number of aliphatic hydroxyl groups is 1. The molecule has 1 saturated heterocycles. The third kappa shape index (κ3) is 11.5. The highest BCUT2D eigenvalue weighted by Crippen LogP contribution is 2.36. The molecule has 0 bridgehead atoms. The van der Waals surface area contributed by atoms with Gasteiger partial charge in [-0.25, -0.2) is 4.79 Å². The quantitative estimate of drug-likeness (QED) is 0.0994. The van der Waals surface area contributed by atoms with E-state index in [4.69, 9.17) is 48.4 Å². The molecule has 13 nitrogen and oxygen atoms in total. The summed E-state index contributed by atoms with van der Waals surface area (Å²) in [5.74, 6) is -4.56. The zero-order valence-corrected chi connectivity index (χ0v) is 34.5. The number of benzene rings is 4. The molecule has 0 radical (unpaired) electrons.